The Hall–Kier alpha value is -4.30. The number of nitrogens with one attached hydrogen (secondary N) is 1. The monoisotopic (exact) mass is 450 g/mol. The topological polar surface area (TPSA) is 17.0 Å². The van der Waals surface area contributed by atoms with Crippen LogP contribution in [0.15, 0.2) is 109 Å². The van der Waals surface area contributed by atoms with Gasteiger partial charge in [0.2, 0.25) is 0 Å². The molecule has 1 atom stereocenters. The van der Waals surface area contributed by atoms with Gasteiger partial charge in [0.25, 0.3) is 0 Å². The van der Waals surface area contributed by atoms with Crippen LogP contribution >= 0.6 is 0 Å². The summed E-state index contributed by atoms with van der Waals surface area (Å²) in [5.41, 5.74) is 7.47. The van der Waals surface area contributed by atoms with Gasteiger partial charge >= 0.3 is 0 Å². The van der Waals surface area contributed by atoms with Gasteiger partial charge in [0.1, 0.15) is 6.17 Å². The average molecular weight is 451 g/mol. The molecule has 0 saturated heterocycles. The molecular formula is C33H26N2. The Morgan fingerprint density at radius 1 is 0.543 bits per heavy atom. The first-order valence-electron chi connectivity index (χ1n) is 12.2. The van der Waals surface area contributed by atoms with E-state index in [1.807, 2.05) is 0 Å². The third-order valence-electron chi connectivity index (χ3n) is 7.28. The first-order valence-corrected chi connectivity index (χ1v) is 12.2. The van der Waals surface area contributed by atoms with Gasteiger partial charge in [0.05, 0.1) is 16.7 Å². The van der Waals surface area contributed by atoms with Crippen molar-refractivity contribution in [2.75, 3.05) is 5.32 Å². The number of para-hydroxylation sites is 2. The SMILES string of the molecule is Cc1cc(C)cc(C2Nc3cccc4c5ccccc5c5ccccc5c5ccccc5n2c34)c1. The fourth-order valence-electron chi connectivity index (χ4n) is 5.95. The number of nitrogens with zero attached hydrogens (tertiary/aromatic N) is 1. The van der Waals surface area contributed by atoms with E-state index in [9.17, 15) is 0 Å². The molecule has 0 bridgehead atoms. The second-order valence-corrected chi connectivity index (χ2v) is 9.65. The fourth-order valence-corrected chi connectivity index (χ4v) is 5.95. The van der Waals surface area contributed by atoms with E-state index in [2.05, 4.69) is 133 Å². The normalized spacial score (nSPS) is 14.5. The maximum absolute atomic E-state index is 3.88. The number of hydrogen-bond acceptors (Lipinski definition) is 1. The maximum atomic E-state index is 3.88. The van der Waals surface area contributed by atoms with Gasteiger partial charge in [-0.15, -0.1) is 0 Å². The van der Waals surface area contributed by atoms with Crippen molar-refractivity contribution in [3.63, 3.8) is 0 Å². The molecule has 1 aromatic heterocycles. The number of hydrogen-bond donors (Lipinski definition) is 1. The van der Waals surface area contributed by atoms with Gasteiger partial charge in [-0.25, -0.2) is 0 Å². The third-order valence-corrected chi connectivity index (χ3v) is 7.28. The zero-order chi connectivity index (χ0) is 23.5. The molecule has 0 aliphatic carbocycles. The van der Waals surface area contributed by atoms with Crippen molar-refractivity contribution in [1.82, 2.24) is 4.57 Å². The van der Waals surface area contributed by atoms with Gasteiger partial charge in [0, 0.05) is 10.8 Å². The van der Waals surface area contributed by atoms with Crippen LogP contribution in [0, 0.1) is 13.8 Å². The van der Waals surface area contributed by atoms with Crippen LogP contribution in [0.2, 0.25) is 0 Å². The van der Waals surface area contributed by atoms with Crippen LogP contribution in [0.1, 0.15) is 22.9 Å². The van der Waals surface area contributed by atoms with Crippen LogP contribution in [-0.2, 0) is 0 Å². The molecule has 168 valence electrons. The number of aryl methyl sites for hydroxylation is 2. The molecule has 2 heterocycles. The van der Waals surface area contributed by atoms with Crippen molar-refractivity contribution in [1.29, 1.82) is 0 Å². The summed E-state index contributed by atoms with van der Waals surface area (Å²) < 4.78 is 2.52. The van der Waals surface area contributed by atoms with Crippen molar-refractivity contribution in [3.8, 4) is 0 Å². The Balaban J connectivity index is 1.81. The molecule has 0 spiro atoms. The first-order chi connectivity index (χ1) is 17.2. The van der Waals surface area contributed by atoms with Gasteiger partial charge in [-0.2, -0.15) is 0 Å². The Morgan fingerprint density at radius 3 is 1.71 bits per heavy atom. The summed E-state index contributed by atoms with van der Waals surface area (Å²) >= 11 is 0. The second-order valence-electron chi connectivity index (χ2n) is 9.65. The van der Waals surface area contributed by atoms with Gasteiger partial charge in [0.15, 0.2) is 0 Å². The highest BCUT2D eigenvalue weighted by molar-refractivity contribution is 6.20. The minimum Gasteiger partial charge on any atom is -0.359 e. The van der Waals surface area contributed by atoms with E-state index in [1.165, 1.54) is 65.7 Å². The first kappa shape index (κ1) is 20.1. The second kappa shape index (κ2) is 7.61. The van der Waals surface area contributed by atoms with Crippen LogP contribution in [0.4, 0.5) is 5.69 Å². The highest BCUT2D eigenvalue weighted by Crippen LogP contribution is 2.42. The summed E-state index contributed by atoms with van der Waals surface area (Å²) in [6.45, 7) is 4.37. The molecule has 0 amide bonds. The minimum absolute atomic E-state index is 0.00308. The number of rotatable bonds is 1. The van der Waals surface area contributed by atoms with Crippen LogP contribution in [0.5, 0.6) is 0 Å². The molecule has 1 unspecified atom stereocenters. The van der Waals surface area contributed by atoms with E-state index in [1.54, 1.807) is 0 Å². The molecule has 0 radical (unpaired) electrons. The van der Waals surface area contributed by atoms with Gasteiger partial charge in [-0.3, -0.25) is 0 Å². The molecule has 2 heteroatoms. The standard InChI is InChI=1S/C33H26N2/c1-21-18-22(2)20-23(19-21)33-34-30-16-9-15-29-27-13-6-4-11-25(27)24-10-3-5-12-26(24)28-14-7-8-17-31(28)35(33)32(29)30/h3-20,33-34H,1-2H3. The zero-order valence-electron chi connectivity index (χ0n) is 19.9. The molecule has 2 nitrogen and oxygen atoms in total. The van der Waals surface area contributed by atoms with Crippen molar-refractivity contribution in [2.45, 2.75) is 20.0 Å². The third kappa shape index (κ3) is 3.03. The lowest BCUT2D eigenvalue weighted by molar-refractivity contribution is 0.725. The van der Waals surface area contributed by atoms with E-state index >= 15 is 0 Å². The van der Waals surface area contributed by atoms with Crippen molar-refractivity contribution in [2.24, 2.45) is 0 Å². The van der Waals surface area contributed by atoms with Crippen LogP contribution in [0.3, 0.4) is 0 Å². The predicted octanol–water partition coefficient (Wildman–Crippen LogP) is 8.81. The number of anilines is 1. The molecule has 6 aromatic rings. The average Bonchev–Trinajstić information content (AvgIpc) is 3.29. The number of aromatic nitrogens is 1. The fraction of sp³-hybridized carbons (Fsp3) is 0.0909. The molecule has 0 saturated carbocycles. The summed E-state index contributed by atoms with van der Waals surface area (Å²) in [5, 5.41) is 11.4. The highest BCUT2D eigenvalue weighted by Gasteiger charge is 2.25. The molecule has 7 rings (SSSR count). The zero-order valence-corrected chi connectivity index (χ0v) is 19.9. The summed E-state index contributed by atoms with van der Waals surface area (Å²) in [7, 11) is 0. The number of benzene rings is 5. The van der Waals surface area contributed by atoms with Crippen molar-refractivity contribution in [3.05, 3.63) is 126 Å². The molecule has 0 fully saturated rings. The summed E-state index contributed by atoms with van der Waals surface area (Å²) in [6.07, 6.45) is 0.00308. The Bertz CT molecular complexity index is 1840. The maximum Gasteiger partial charge on any atom is 0.130 e. The molecule has 5 aromatic carbocycles. The van der Waals surface area contributed by atoms with E-state index in [0.29, 0.717) is 0 Å². The molecule has 1 aliphatic rings. The van der Waals surface area contributed by atoms with Crippen molar-refractivity contribution >= 4 is 49.0 Å². The Morgan fingerprint density at radius 2 is 1.06 bits per heavy atom. The molecule has 35 heavy (non-hydrogen) atoms. The minimum atomic E-state index is 0.00308. The lowest BCUT2D eigenvalue weighted by atomic mass is 10.0. The quantitative estimate of drug-likeness (QED) is 0.265. The smallest absolute Gasteiger partial charge is 0.130 e. The van der Waals surface area contributed by atoms with Gasteiger partial charge < -0.3 is 9.88 Å². The molecule has 1 aliphatic heterocycles. The lowest BCUT2D eigenvalue weighted by Gasteiger charge is -2.19. The summed E-state index contributed by atoms with van der Waals surface area (Å²) in [5.74, 6) is 0. The molecule has 1 N–H and O–H groups in total. The van der Waals surface area contributed by atoms with Crippen LogP contribution < -0.4 is 5.32 Å². The van der Waals surface area contributed by atoms with E-state index < -0.39 is 0 Å². The lowest BCUT2D eigenvalue weighted by Crippen LogP contribution is -2.14. The summed E-state index contributed by atoms with van der Waals surface area (Å²) in [6, 6.07) is 40.0. The highest BCUT2D eigenvalue weighted by atomic mass is 15.2. The number of fused-ring (bicyclic) bond motifs is 7. The Kier molecular flexibility index (Phi) is 4.37. The van der Waals surface area contributed by atoms with Crippen LogP contribution in [0.25, 0.3) is 43.4 Å². The largest absolute Gasteiger partial charge is 0.359 e. The van der Waals surface area contributed by atoms with E-state index in [-0.39, 0.29) is 6.17 Å². The van der Waals surface area contributed by atoms with Gasteiger partial charge in [-0.05, 0) is 53.1 Å². The van der Waals surface area contributed by atoms with Crippen molar-refractivity contribution < 1.29 is 0 Å². The van der Waals surface area contributed by atoms with Crippen LogP contribution in [-0.4, -0.2) is 4.57 Å². The molecular weight excluding hydrogens is 424 g/mol. The van der Waals surface area contributed by atoms with Gasteiger partial charge in [-0.1, -0.05) is 108 Å². The summed E-state index contributed by atoms with van der Waals surface area (Å²) in [4.78, 5) is 0. The van der Waals surface area contributed by atoms with E-state index in [4.69, 9.17) is 0 Å². The Labute approximate surface area is 204 Å². The predicted molar refractivity (Wildman–Crippen MR) is 150 cm³/mol. The van der Waals surface area contributed by atoms with E-state index in [0.717, 1.165) is 0 Å².